The Morgan fingerprint density at radius 3 is 1.79 bits per heavy atom. The van der Waals surface area contributed by atoms with Gasteiger partial charge in [0.15, 0.2) is 0 Å². The van der Waals surface area contributed by atoms with E-state index < -0.39 is 0 Å². The van der Waals surface area contributed by atoms with Crippen LogP contribution in [0.25, 0.3) is 0 Å². The predicted molar refractivity (Wildman–Crippen MR) is 130 cm³/mol. The molecule has 0 amide bonds. The standard InChI is InChI=1S/C26H45N.ClH/c1-5-7-8-9-10-11-12-13-14-15-16-17-20-23(6-2)24-21-18-19-22-25(24)26(3,4)27;/h6,18-19,21-23H,2,5,7-17,20,27H2,1,3-4H3;1H. The van der Waals surface area contributed by atoms with Crippen LogP contribution in [0.1, 0.15) is 121 Å². The summed E-state index contributed by atoms with van der Waals surface area (Å²) in [5.41, 5.74) is 8.71. The number of nitrogens with two attached hydrogens (primary N) is 1. The summed E-state index contributed by atoms with van der Waals surface area (Å²) in [6.45, 7) is 10.6. The van der Waals surface area contributed by atoms with Gasteiger partial charge in [-0.25, -0.2) is 0 Å². The van der Waals surface area contributed by atoms with Crippen LogP contribution in [0.2, 0.25) is 0 Å². The highest BCUT2D eigenvalue weighted by molar-refractivity contribution is 5.85. The van der Waals surface area contributed by atoms with Gasteiger partial charge >= 0.3 is 0 Å². The smallest absolute Gasteiger partial charge is 0.0355 e. The first-order valence-electron chi connectivity index (χ1n) is 11.5. The zero-order valence-corrected chi connectivity index (χ0v) is 19.7. The van der Waals surface area contributed by atoms with Gasteiger partial charge in [0.05, 0.1) is 0 Å². The van der Waals surface area contributed by atoms with E-state index in [0.29, 0.717) is 5.92 Å². The Bertz CT molecular complexity index is 503. The molecule has 1 rings (SSSR count). The van der Waals surface area contributed by atoms with Crippen molar-refractivity contribution in [3.63, 3.8) is 0 Å². The maximum Gasteiger partial charge on any atom is 0.0355 e. The molecule has 0 aromatic heterocycles. The van der Waals surface area contributed by atoms with E-state index in [4.69, 9.17) is 5.73 Å². The number of unbranched alkanes of at least 4 members (excludes halogenated alkanes) is 11. The summed E-state index contributed by atoms with van der Waals surface area (Å²) in [6, 6.07) is 8.63. The lowest BCUT2D eigenvalue weighted by Gasteiger charge is -2.26. The molecule has 1 nitrogen and oxygen atoms in total. The molecule has 2 heteroatoms. The molecule has 0 fully saturated rings. The lowest BCUT2D eigenvalue weighted by molar-refractivity contribution is 0.524. The Labute approximate surface area is 182 Å². The Kier molecular flexibility index (Phi) is 15.6. The second kappa shape index (κ2) is 16.1. The second-order valence-corrected chi connectivity index (χ2v) is 8.83. The highest BCUT2D eigenvalue weighted by Crippen LogP contribution is 2.31. The van der Waals surface area contributed by atoms with Gasteiger partial charge in [0.25, 0.3) is 0 Å². The Balaban J connectivity index is 0.00000729. The largest absolute Gasteiger partial charge is 0.322 e. The minimum atomic E-state index is -0.297. The lowest BCUT2D eigenvalue weighted by Crippen LogP contribution is -2.30. The summed E-state index contributed by atoms with van der Waals surface area (Å²) in [5, 5.41) is 0. The van der Waals surface area contributed by atoms with Crippen LogP contribution in [0.4, 0.5) is 0 Å². The fourth-order valence-corrected chi connectivity index (χ4v) is 4.01. The summed E-state index contributed by atoms with van der Waals surface area (Å²) >= 11 is 0. The third-order valence-electron chi connectivity index (χ3n) is 5.71. The fourth-order valence-electron chi connectivity index (χ4n) is 4.01. The molecular formula is C26H46ClN. The molecule has 0 heterocycles. The SMILES string of the molecule is C=CC(CCCCCCCCCCCCCC)c1ccccc1C(C)(C)N.Cl. The van der Waals surface area contributed by atoms with Crippen molar-refractivity contribution >= 4 is 12.4 Å². The van der Waals surface area contributed by atoms with E-state index in [9.17, 15) is 0 Å². The van der Waals surface area contributed by atoms with Gasteiger partial charge in [0.2, 0.25) is 0 Å². The van der Waals surface area contributed by atoms with Crippen molar-refractivity contribution in [3.8, 4) is 0 Å². The van der Waals surface area contributed by atoms with Crippen LogP contribution in [0.15, 0.2) is 36.9 Å². The van der Waals surface area contributed by atoms with Gasteiger partial charge in [-0.15, -0.1) is 19.0 Å². The van der Waals surface area contributed by atoms with Gasteiger partial charge in [-0.05, 0) is 31.4 Å². The maximum atomic E-state index is 6.38. The molecule has 0 spiro atoms. The van der Waals surface area contributed by atoms with Crippen molar-refractivity contribution < 1.29 is 0 Å². The van der Waals surface area contributed by atoms with Crippen LogP contribution in [-0.4, -0.2) is 0 Å². The normalized spacial score (nSPS) is 12.4. The number of hydrogen-bond donors (Lipinski definition) is 1. The third-order valence-corrected chi connectivity index (χ3v) is 5.71. The molecule has 1 aromatic rings. The molecule has 0 saturated carbocycles. The van der Waals surface area contributed by atoms with Crippen molar-refractivity contribution in [2.45, 2.75) is 116 Å². The number of benzene rings is 1. The molecule has 0 aliphatic heterocycles. The molecule has 0 radical (unpaired) electrons. The van der Waals surface area contributed by atoms with Crippen LogP contribution in [0, 0.1) is 0 Å². The summed E-state index contributed by atoms with van der Waals surface area (Å²) in [5.74, 6) is 0.423. The number of halogens is 1. The first-order chi connectivity index (χ1) is 13.0. The molecule has 1 atom stereocenters. The monoisotopic (exact) mass is 407 g/mol. The van der Waals surface area contributed by atoms with Gasteiger partial charge in [-0.2, -0.15) is 0 Å². The minimum absolute atomic E-state index is 0. The molecular weight excluding hydrogens is 362 g/mol. The Morgan fingerprint density at radius 2 is 1.32 bits per heavy atom. The number of hydrogen-bond acceptors (Lipinski definition) is 1. The Hall–Kier alpha value is -0.790. The van der Waals surface area contributed by atoms with Crippen molar-refractivity contribution in [3.05, 3.63) is 48.0 Å². The van der Waals surface area contributed by atoms with Crippen LogP contribution in [-0.2, 0) is 5.54 Å². The van der Waals surface area contributed by atoms with Gasteiger partial charge < -0.3 is 5.73 Å². The first kappa shape index (κ1) is 27.2. The van der Waals surface area contributed by atoms with Crippen molar-refractivity contribution in [1.29, 1.82) is 0 Å². The van der Waals surface area contributed by atoms with Crippen molar-refractivity contribution in [1.82, 2.24) is 0 Å². The van der Waals surface area contributed by atoms with Gasteiger partial charge in [0.1, 0.15) is 0 Å². The van der Waals surface area contributed by atoms with Crippen LogP contribution >= 0.6 is 12.4 Å². The topological polar surface area (TPSA) is 26.0 Å². The van der Waals surface area contributed by atoms with Gasteiger partial charge in [-0.3, -0.25) is 0 Å². The fraction of sp³-hybridized carbons (Fsp3) is 0.692. The molecule has 162 valence electrons. The lowest BCUT2D eigenvalue weighted by atomic mass is 9.83. The first-order valence-corrected chi connectivity index (χ1v) is 11.5. The quantitative estimate of drug-likeness (QED) is 0.215. The van der Waals surface area contributed by atoms with E-state index in [-0.39, 0.29) is 17.9 Å². The summed E-state index contributed by atoms with van der Waals surface area (Å²) in [6.07, 6.45) is 20.1. The van der Waals surface area contributed by atoms with Gasteiger partial charge in [0, 0.05) is 11.5 Å². The van der Waals surface area contributed by atoms with E-state index >= 15 is 0 Å². The zero-order chi connectivity index (χ0) is 20.0. The summed E-state index contributed by atoms with van der Waals surface area (Å²) in [7, 11) is 0. The molecule has 2 N–H and O–H groups in total. The number of allylic oxidation sites excluding steroid dienone is 1. The average molecular weight is 408 g/mol. The minimum Gasteiger partial charge on any atom is -0.322 e. The molecule has 1 unspecified atom stereocenters. The maximum absolute atomic E-state index is 6.38. The summed E-state index contributed by atoms with van der Waals surface area (Å²) < 4.78 is 0. The third kappa shape index (κ3) is 11.3. The average Bonchev–Trinajstić information content (AvgIpc) is 2.65. The Morgan fingerprint density at radius 1 is 0.857 bits per heavy atom. The molecule has 0 bridgehead atoms. The van der Waals surface area contributed by atoms with E-state index in [1.807, 2.05) is 0 Å². The molecule has 0 aliphatic rings. The van der Waals surface area contributed by atoms with E-state index in [1.54, 1.807) is 0 Å². The van der Waals surface area contributed by atoms with E-state index in [1.165, 1.54) is 94.6 Å². The van der Waals surface area contributed by atoms with Crippen LogP contribution in [0.3, 0.4) is 0 Å². The molecule has 28 heavy (non-hydrogen) atoms. The molecule has 1 aromatic carbocycles. The highest BCUT2D eigenvalue weighted by atomic mass is 35.5. The second-order valence-electron chi connectivity index (χ2n) is 8.83. The highest BCUT2D eigenvalue weighted by Gasteiger charge is 2.21. The van der Waals surface area contributed by atoms with Crippen LogP contribution < -0.4 is 5.73 Å². The zero-order valence-electron chi connectivity index (χ0n) is 18.8. The predicted octanol–water partition coefficient (Wildman–Crippen LogP) is 8.66. The van der Waals surface area contributed by atoms with Crippen molar-refractivity contribution in [2.75, 3.05) is 0 Å². The van der Waals surface area contributed by atoms with E-state index in [0.717, 1.165) is 0 Å². The number of rotatable bonds is 16. The van der Waals surface area contributed by atoms with Gasteiger partial charge in [-0.1, -0.05) is 114 Å². The summed E-state index contributed by atoms with van der Waals surface area (Å²) in [4.78, 5) is 0. The van der Waals surface area contributed by atoms with Crippen molar-refractivity contribution in [2.24, 2.45) is 5.73 Å². The molecule has 0 aliphatic carbocycles. The van der Waals surface area contributed by atoms with E-state index in [2.05, 4.69) is 57.7 Å². The molecule has 0 saturated heterocycles. The van der Waals surface area contributed by atoms with Crippen LogP contribution in [0.5, 0.6) is 0 Å².